The predicted octanol–water partition coefficient (Wildman–Crippen LogP) is 1.03. The van der Waals surface area contributed by atoms with E-state index in [1.807, 2.05) is 0 Å². The molecule has 1 aromatic rings. The molecule has 0 spiro atoms. The SMILES string of the molecule is O=C(O)c1ccccc1C(=O)NC1CCS(=O)CC1. The fourth-order valence-electron chi connectivity index (χ4n) is 2.07. The van der Waals surface area contributed by atoms with E-state index in [9.17, 15) is 13.8 Å². The molecule has 5 nitrogen and oxygen atoms in total. The maximum Gasteiger partial charge on any atom is 0.336 e. The van der Waals surface area contributed by atoms with Gasteiger partial charge in [-0.05, 0) is 25.0 Å². The van der Waals surface area contributed by atoms with Crippen LogP contribution in [0.2, 0.25) is 0 Å². The van der Waals surface area contributed by atoms with E-state index < -0.39 is 16.8 Å². The van der Waals surface area contributed by atoms with Crippen LogP contribution in [0.25, 0.3) is 0 Å². The number of benzene rings is 1. The Morgan fingerprint density at radius 3 is 2.32 bits per heavy atom. The smallest absolute Gasteiger partial charge is 0.336 e. The number of hydrogen-bond acceptors (Lipinski definition) is 3. The van der Waals surface area contributed by atoms with Crippen molar-refractivity contribution >= 4 is 22.7 Å². The van der Waals surface area contributed by atoms with Crippen molar-refractivity contribution in [2.45, 2.75) is 18.9 Å². The van der Waals surface area contributed by atoms with Crippen LogP contribution in [0.4, 0.5) is 0 Å². The zero-order valence-corrected chi connectivity index (χ0v) is 11.1. The van der Waals surface area contributed by atoms with Gasteiger partial charge in [-0.25, -0.2) is 4.79 Å². The predicted molar refractivity (Wildman–Crippen MR) is 71.8 cm³/mol. The summed E-state index contributed by atoms with van der Waals surface area (Å²) in [5.74, 6) is -0.317. The Morgan fingerprint density at radius 2 is 1.74 bits per heavy atom. The molecular weight excluding hydrogens is 266 g/mol. The van der Waals surface area contributed by atoms with Gasteiger partial charge in [0.25, 0.3) is 5.91 Å². The second kappa shape index (κ2) is 5.97. The quantitative estimate of drug-likeness (QED) is 0.866. The first-order chi connectivity index (χ1) is 9.08. The molecule has 1 amide bonds. The molecule has 0 radical (unpaired) electrons. The van der Waals surface area contributed by atoms with E-state index >= 15 is 0 Å². The molecule has 1 saturated heterocycles. The molecule has 102 valence electrons. The molecule has 0 saturated carbocycles. The maximum absolute atomic E-state index is 12.1. The van der Waals surface area contributed by atoms with Crippen LogP contribution < -0.4 is 5.32 Å². The molecule has 19 heavy (non-hydrogen) atoms. The second-order valence-electron chi connectivity index (χ2n) is 4.45. The normalized spacial score (nSPS) is 22.7. The highest BCUT2D eigenvalue weighted by molar-refractivity contribution is 7.85. The van der Waals surface area contributed by atoms with Crippen LogP contribution in [-0.4, -0.2) is 38.7 Å². The van der Waals surface area contributed by atoms with E-state index in [0.717, 1.165) is 0 Å². The molecule has 1 aliphatic heterocycles. The summed E-state index contributed by atoms with van der Waals surface area (Å²) in [7, 11) is -0.777. The fourth-order valence-corrected chi connectivity index (χ4v) is 3.37. The average Bonchev–Trinajstić information content (AvgIpc) is 2.41. The van der Waals surface area contributed by atoms with Gasteiger partial charge in [-0.15, -0.1) is 0 Å². The first kappa shape index (κ1) is 13.7. The van der Waals surface area contributed by atoms with E-state index in [4.69, 9.17) is 5.11 Å². The lowest BCUT2D eigenvalue weighted by Crippen LogP contribution is -2.40. The highest BCUT2D eigenvalue weighted by Gasteiger charge is 2.22. The van der Waals surface area contributed by atoms with E-state index in [0.29, 0.717) is 24.3 Å². The van der Waals surface area contributed by atoms with Crippen molar-refractivity contribution < 1.29 is 18.9 Å². The number of carboxylic acid groups (broad SMARTS) is 1. The number of rotatable bonds is 3. The van der Waals surface area contributed by atoms with Crippen LogP contribution >= 0.6 is 0 Å². The zero-order valence-electron chi connectivity index (χ0n) is 10.3. The Morgan fingerprint density at radius 1 is 1.16 bits per heavy atom. The summed E-state index contributed by atoms with van der Waals surface area (Å²) >= 11 is 0. The van der Waals surface area contributed by atoms with Crippen LogP contribution in [0.5, 0.6) is 0 Å². The van der Waals surface area contributed by atoms with Gasteiger partial charge in [0, 0.05) is 28.3 Å². The number of carbonyl (C=O) groups excluding carboxylic acids is 1. The summed E-state index contributed by atoms with van der Waals surface area (Å²) in [4.78, 5) is 23.1. The lowest BCUT2D eigenvalue weighted by molar-refractivity contribution is 0.0690. The molecule has 2 N–H and O–H groups in total. The van der Waals surface area contributed by atoms with Crippen molar-refractivity contribution in [2.75, 3.05) is 11.5 Å². The van der Waals surface area contributed by atoms with Crippen LogP contribution in [0, 0.1) is 0 Å². The molecule has 1 heterocycles. The minimum Gasteiger partial charge on any atom is -0.478 e. The summed E-state index contributed by atoms with van der Waals surface area (Å²) in [6.07, 6.45) is 1.35. The molecule has 0 unspecified atom stereocenters. The van der Waals surface area contributed by atoms with Crippen molar-refractivity contribution in [1.29, 1.82) is 0 Å². The van der Waals surface area contributed by atoms with E-state index in [2.05, 4.69) is 5.32 Å². The number of carboxylic acids is 1. The number of aromatic carboxylic acids is 1. The third kappa shape index (κ3) is 3.41. The monoisotopic (exact) mass is 281 g/mol. The first-order valence-corrected chi connectivity index (χ1v) is 7.55. The minimum atomic E-state index is -1.12. The average molecular weight is 281 g/mol. The largest absolute Gasteiger partial charge is 0.478 e. The van der Waals surface area contributed by atoms with Crippen LogP contribution in [0.15, 0.2) is 24.3 Å². The van der Waals surface area contributed by atoms with Gasteiger partial charge in [-0.1, -0.05) is 12.1 Å². The topological polar surface area (TPSA) is 83.5 Å². The molecule has 1 aliphatic rings. The van der Waals surface area contributed by atoms with Crippen molar-refractivity contribution in [3.05, 3.63) is 35.4 Å². The van der Waals surface area contributed by atoms with Gasteiger partial charge >= 0.3 is 5.97 Å². The fraction of sp³-hybridized carbons (Fsp3) is 0.385. The summed E-state index contributed by atoms with van der Waals surface area (Å²) in [5, 5.41) is 11.8. The molecule has 0 atom stereocenters. The van der Waals surface area contributed by atoms with Gasteiger partial charge in [0.1, 0.15) is 0 Å². The van der Waals surface area contributed by atoms with Gasteiger partial charge in [-0.2, -0.15) is 0 Å². The summed E-state index contributed by atoms with van der Waals surface area (Å²) in [5.41, 5.74) is 0.168. The second-order valence-corrected chi connectivity index (χ2v) is 6.14. The van der Waals surface area contributed by atoms with Gasteiger partial charge in [0.15, 0.2) is 0 Å². The third-order valence-corrected chi connectivity index (χ3v) is 4.51. The highest BCUT2D eigenvalue weighted by atomic mass is 32.2. The lowest BCUT2D eigenvalue weighted by Gasteiger charge is -2.22. The highest BCUT2D eigenvalue weighted by Crippen LogP contribution is 2.13. The summed E-state index contributed by atoms with van der Waals surface area (Å²) in [6.45, 7) is 0. The standard InChI is InChI=1S/C13H15NO4S/c15-12(14-9-5-7-19(18)8-6-9)10-3-1-2-4-11(10)13(16)17/h1-4,9H,5-8H2,(H,14,15)(H,16,17). The Kier molecular flexibility index (Phi) is 4.31. The molecule has 6 heteroatoms. The van der Waals surface area contributed by atoms with E-state index in [1.165, 1.54) is 12.1 Å². The molecule has 0 aromatic heterocycles. The number of nitrogens with one attached hydrogen (secondary N) is 1. The maximum atomic E-state index is 12.1. The number of hydrogen-bond donors (Lipinski definition) is 2. The minimum absolute atomic E-state index is 0.000569. The lowest BCUT2D eigenvalue weighted by atomic mass is 10.1. The van der Waals surface area contributed by atoms with Gasteiger partial charge in [-0.3, -0.25) is 9.00 Å². The summed E-state index contributed by atoms with van der Waals surface area (Å²) < 4.78 is 11.2. The third-order valence-electron chi connectivity index (χ3n) is 3.13. The van der Waals surface area contributed by atoms with Crippen molar-refractivity contribution in [3.63, 3.8) is 0 Å². The number of carbonyl (C=O) groups is 2. The molecule has 0 bridgehead atoms. The van der Waals surface area contributed by atoms with Crippen LogP contribution in [0.3, 0.4) is 0 Å². The van der Waals surface area contributed by atoms with Gasteiger partial charge < -0.3 is 10.4 Å². The van der Waals surface area contributed by atoms with Crippen LogP contribution in [-0.2, 0) is 10.8 Å². The van der Waals surface area contributed by atoms with E-state index in [1.54, 1.807) is 12.1 Å². The van der Waals surface area contributed by atoms with Gasteiger partial charge in [0.05, 0.1) is 11.1 Å². The summed E-state index contributed by atoms with van der Waals surface area (Å²) in [6, 6.07) is 6.11. The van der Waals surface area contributed by atoms with Crippen LogP contribution in [0.1, 0.15) is 33.6 Å². The molecule has 1 aromatic carbocycles. The van der Waals surface area contributed by atoms with Crippen molar-refractivity contribution in [1.82, 2.24) is 5.32 Å². The first-order valence-electron chi connectivity index (χ1n) is 6.06. The Hall–Kier alpha value is -1.69. The Labute approximate surface area is 113 Å². The number of amides is 1. The Balaban J connectivity index is 2.08. The van der Waals surface area contributed by atoms with Crippen molar-refractivity contribution in [3.8, 4) is 0 Å². The molecule has 1 fully saturated rings. The zero-order chi connectivity index (χ0) is 13.8. The van der Waals surface area contributed by atoms with E-state index in [-0.39, 0.29) is 23.1 Å². The Bertz CT molecular complexity index is 519. The van der Waals surface area contributed by atoms with Crippen molar-refractivity contribution in [2.24, 2.45) is 0 Å². The van der Waals surface area contributed by atoms with Gasteiger partial charge in [0.2, 0.25) is 0 Å². The molecule has 0 aliphatic carbocycles. The molecule has 2 rings (SSSR count). The molecular formula is C13H15NO4S.